The van der Waals surface area contributed by atoms with E-state index in [1.165, 1.54) is 31.5 Å². The van der Waals surface area contributed by atoms with Crippen molar-refractivity contribution >= 4 is 17.2 Å². The first kappa shape index (κ1) is 17.7. The van der Waals surface area contributed by atoms with Crippen LogP contribution >= 0.6 is 11.3 Å². The predicted octanol–water partition coefficient (Wildman–Crippen LogP) is 3.36. The summed E-state index contributed by atoms with van der Waals surface area (Å²) in [4.78, 5) is 22.0. The maximum Gasteiger partial charge on any atom is 0.228 e. The van der Waals surface area contributed by atoms with Gasteiger partial charge in [0.2, 0.25) is 5.91 Å². The maximum absolute atomic E-state index is 12.6. The fraction of sp³-hybridized carbons (Fsp3) is 0.524. The summed E-state index contributed by atoms with van der Waals surface area (Å²) in [7, 11) is 0. The molecule has 0 radical (unpaired) electrons. The molecule has 1 amide bonds. The van der Waals surface area contributed by atoms with E-state index in [4.69, 9.17) is 0 Å². The van der Waals surface area contributed by atoms with E-state index < -0.39 is 0 Å². The molecule has 2 aliphatic rings. The number of nitrogens with zero attached hydrogens (tertiary/aromatic N) is 3. The molecule has 26 heavy (non-hydrogen) atoms. The van der Waals surface area contributed by atoms with Gasteiger partial charge in [-0.1, -0.05) is 30.3 Å². The van der Waals surface area contributed by atoms with Crippen LogP contribution in [-0.2, 0) is 17.6 Å². The molecule has 0 spiro atoms. The van der Waals surface area contributed by atoms with Gasteiger partial charge in [0.25, 0.3) is 0 Å². The Labute approximate surface area is 159 Å². The summed E-state index contributed by atoms with van der Waals surface area (Å²) in [5.74, 6) is 0.237. The van der Waals surface area contributed by atoms with Gasteiger partial charge in [0, 0.05) is 30.9 Å². The van der Waals surface area contributed by atoms with Crippen molar-refractivity contribution in [2.24, 2.45) is 0 Å². The average Bonchev–Trinajstić information content (AvgIpc) is 3.35. The first-order chi connectivity index (χ1) is 12.8. The van der Waals surface area contributed by atoms with Gasteiger partial charge in [0.1, 0.15) is 0 Å². The van der Waals surface area contributed by atoms with E-state index in [-0.39, 0.29) is 5.91 Å². The second-order valence-electron chi connectivity index (χ2n) is 7.43. The third kappa shape index (κ3) is 4.33. The third-order valence-corrected chi connectivity index (χ3v) is 6.50. The Morgan fingerprint density at radius 1 is 1.08 bits per heavy atom. The highest BCUT2D eigenvalue weighted by molar-refractivity contribution is 7.09. The molecule has 0 saturated carbocycles. The van der Waals surface area contributed by atoms with Gasteiger partial charge in [-0.2, -0.15) is 0 Å². The number of hydrogen-bond acceptors (Lipinski definition) is 4. The van der Waals surface area contributed by atoms with Crippen molar-refractivity contribution in [2.45, 2.75) is 44.6 Å². The van der Waals surface area contributed by atoms with Crippen molar-refractivity contribution < 1.29 is 4.79 Å². The van der Waals surface area contributed by atoms with Crippen LogP contribution in [0.1, 0.15) is 41.9 Å². The van der Waals surface area contributed by atoms with Gasteiger partial charge in [-0.05, 0) is 44.3 Å². The zero-order valence-electron chi connectivity index (χ0n) is 15.3. The number of rotatable bonds is 5. The van der Waals surface area contributed by atoms with Crippen molar-refractivity contribution in [3.63, 3.8) is 0 Å². The van der Waals surface area contributed by atoms with Crippen LogP contribution in [0, 0.1) is 0 Å². The Hall–Kier alpha value is -1.72. The monoisotopic (exact) mass is 369 g/mol. The summed E-state index contributed by atoms with van der Waals surface area (Å²) >= 11 is 1.66. The molecular formula is C21H27N3OS. The van der Waals surface area contributed by atoms with Crippen LogP contribution in [0.2, 0.25) is 0 Å². The van der Waals surface area contributed by atoms with E-state index in [0.717, 1.165) is 43.1 Å². The number of carbonyl (C=O) groups is 1. The second kappa shape index (κ2) is 8.31. The number of benzene rings is 1. The Kier molecular flexibility index (Phi) is 5.65. The second-order valence-corrected chi connectivity index (χ2v) is 8.37. The molecule has 4 rings (SSSR count). The summed E-state index contributed by atoms with van der Waals surface area (Å²) in [6.45, 7) is 4.31. The van der Waals surface area contributed by atoms with E-state index in [1.54, 1.807) is 11.3 Å². The number of hydrogen-bond donors (Lipinski definition) is 0. The lowest BCUT2D eigenvalue weighted by Gasteiger charge is -2.36. The summed E-state index contributed by atoms with van der Waals surface area (Å²) < 4.78 is 0. The molecule has 3 heterocycles. The molecular weight excluding hydrogens is 342 g/mol. The van der Waals surface area contributed by atoms with Crippen molar-refractivity contribution in [1.29, 1.82) is 0 Å². The summed E-state index contributed by atoms with van der Waals surface area (Å²) in [5.41, 5.74) is 2.19. The van der Waals surface area contributed by atoms with Crippen LogP contribution < -0.4 is 0 Å². The summed E-state index contributed by atoms with van der Waals surface area (Å²) in [6, 6.07) is 11.1. The van der Waals surface area contributed by atoms with Crippen molar-refractivity contribution in [3.8, 4) is 0 Å². The van der Waals surface area contributed by atoms with Crippen LogP contribution in [0.15, 0.2) is 35.7 Å². The molecule has 5 heteroatoms. The molecule has 2 fully saturated rings. The van der Waals surface area contributed by atoms with Gasteiger partial charge in [-0.25, -0.2) is 4.98 Å². The van der Waals surface area contributed by atoms with Gasteiger partial charge in [0.05, 0.1) is 17.1 Å². The first-order valence-corrected chi connectivity index (χ1v) is 10.6. The van der Waals surface area contributed by atoms with Gasteiger partial charge >= 0.3 is 0 Å². The molecule has 2 aromatic rings. The van der Waals surface area contributed by atoms with E-state index in [2.05, 4.69) is 34.1 Å². The molecule has 1 aromatic carbocycles. The van der Waals surface area contributed by atoms with Crippen molar-refractivity contribution in [3.05, 3.63) is 52.0 Å². The third-order valence-electron chi connectivity index (χ3n) is 5.60. The normalized spacial score (nSPS) is 19.2. The minimum atomic E-state index is 0.237. The van der Waals surface area contributed by atoms with Crippen LogP contribution in [0.4, 0.5) is 0 Å². The Morgan fingerprint density at radius 3 is 2.54 bits per heavy atom. The molecule has 2 aliphatic heterocycles. The van der Waals surface area contributed by atoms with Gasteiger partial charge in [-0.15, -0.1) is 11.3 Å². The lowest BCUT2D eigenvalue weighted by molar-refractivity contribution is -0.132. The fourth-order valence-electron chi connectivity index (χ4n) is 4.14. The molecule has 0 N–H and O–H groups in total. The molecule has 1 aromatic heterocycles. The lowest BCUT2D eigenvalue weighted by atomic mass is 10.0. The number of likely N-dealkylation sites (tertiary alicyclic amines) is 2. The predicted molar refractivity (Wildman–Crippen MR) is 105 cm³/mol. The fourth-order valence-corrected chi connectivity index (χ4v) is 4.96. The molecule has 2 saturated heterocycles. The lowest BCUT2D eigenvalue weighted by Crippen LogP contribution is -2.46. The molecule has 0 unspecified atom stereocenters. The zero-order chi connectivity index (χ0) is 17.8. The van der Waals surface area contributed by atoms with E-state index >= 15 is 0 Å². The minimum Gasteiger partial charge on any atom is -0.342 e. The van der Waals surface area contributed by atoms with Crippen LogP contribution in [0.3, 0.4) is 0 Å². The molecule has 0 atom stereocenters. The SMILES string of the molecule is O=C(Cc1csc(Cc2ccccc2)n1)N1CCC(N2CCCC2)CC1. The number of thiazole rings is 1. The molecule has 138 valence electrons. The standard InChI is InChI=1S/C21H27N3OS/c25-21(24-12-8-19(9-13-24)23-10-4-5-11-23)15-18-16-26-20(22-18)14-17-6-2-1-3-7-17/h1-3,6-7,16,19H,4-5,8-15H2. The smallest absolute Gasteiger partial charge is 0.228 e. The van der Waals surface area contributed by atoms with Gasteiger partial charge < -0.3 is 9.80 Å². The molecule has 4 nitrogen and oxygen atoms in total. The van der Waals surface area contributed by atoms with E-state index in [9.17, 15) is 4.79 Å². The van der Waals surface area contributed by atoms with Crippen molar-refractivity contribution in [2.75, 3.05) is 26.2 Å². The van der Waals surface area contributed by atoms with Gasteiger partial charge in [0.15, 0.2) is 0 Å². The van der Waals surface area contributed by atoms with E-state index in [0.29, 0.717) is 12.5 Å². The summed E-state index contributed by atoms with van der Waals surface area (Å²) in [5, 5.41) is 3.14. The van der Waals surface area contributed by atoms with Crippen LogP contribution in [0.5, 0.6) is 0 Å². The highest BCUT2D eigenvalue weighted by Gasteiger charge is 2.28. The van der Waals surface area contributed by atoms with Gasteiger partial charge in [-0.3, -0.25) is 4.79 Å². The highest BCUT2D eigenvalue weighted by atomic mass is 32.1. The maximum atomic E-state index is 12.6. The largest absolute Gasteiger partial charge is 0.342 e. The Morgan fingerprint density at radius 2 is 1.81 bits per heavy atom. The Balaban J connectivity index is 1.27. The zero-order valence-corrected chi connectivity index (χ0v) is 16.1. The first-order valence-electron chi connectivity index (χ1n) is 9.77. The quantitative estimate of drug-likeness (QED) is 0.811. The number of piperidine rings is 1. The average molecular weight is 370 g/mol. The summed E-state index contributed by atoms with van der Waals surface area (Å²) in [6.07, 6.45) is 6.23. The number of carbonyl (C=O) groups excluding carboxylic acids is 1. The topological polar surface area (TPSA) is 36.4 Å². The van der Waals surface area contributed by atoms with Crippen molar-refractivity contribution in [1.82, 2.24) is 14.8 Å². The van der Waals surface area contributed by atoms with Crippen LogP contribution in [0.25, 0.3) is 0 Å². The Bertz CT molecular complexity index is 716. The molecule has 0 aliphatic carbocycles. The highest BCUT2D eigenvalue weighted by Crippen LogP contribution is 2.22. The van der Waals surface area contributed by atoms with E-state index in [1.807, 2.05) is 16.3 Å². The minimum absolute atomic E-state index is 0.237. The number of aromatic nitrogens is 1. The number of amides is 1. The molecule has 0 bridgehead atoms. The van der Waals surface area contributed by atoms with Crippen LogP contribution in [-0.4, -0.2) is 52.9 Å².